The van der Waals surface area contributed by atoms with Crippen molar-refractivity contribution in [3.63, 3.8) is 0 Å². The molecule has 4 heteroatoms. The second kappa shape index (κ2) is 2.85. The van der Waals surface area contributed by atoms with E-state index in [2.05, 4.69) is 9.88 Å². The molecule has 2 atom stereocenters. The van der Waals surface area contributed by atoms with E-state index in [-0.39, 0.29) is 0 Å². The van der Waals surface area contributed by atoms with Gasteiger partial charge in [0.15, 0.2) is 5.82 Å². The molecule has 0 aromatic carbocycles. The van der Waals surface area contributed by atoms with Crippen molar-refractivity contribution in [2.24, 2.45) is 0 Å². The number of aromatic nitrogens is 1. The van der Waals surface area contributed by atoms with E-state index in [1.54, 1.807) is 6.20 Å². The van der Waals surface area contributed by atoms with Gasteiger partial charge in [0.05, 0.1) is 31.0 Å². The van der Waals surface area contributed by atoms with Crippen molar-refractivity contribution in [2.45, 2.75) is 18.5 Å². The van der Waals surface area contributed by atoms with Crippen LogP contribution in [0.2, 0.25) is 0 Å². The van der Waals surface area contributed by atoms with Gasteiger partial charge in [0.2, 0.25) is 0 Å². The maximum atomic E-state index is 5.89. The van der Waals surface area contributed by atoms with Crippen molar-refractivity contribution in [1.82, 2.24) is 4.98 Å². The molecule has 2 aliphatic rings. The summed E-state index contributed by atoms with van der Waals surface area (Å²) in [6, 6.07) is 4.75. The molecular formula is C10H13N3O. The Labute approximate surface area is 82.7 Å². The first-order valence-electron chi connectivity index (χ1n) is 4.93. The van der Waals surface area contributed by atoms with Gasteiger partial charge in [-0.3, -0.25) is 0 Å². The minimum atomic E-state index is 0.492. The third-order valence-electron chi connectivity index (χ3n) is 3.01. The average molecular weight is 191 g/mol. The number of ether oxygens (including phenoxy) is 1. The van der Waals surface area contributed by atoms with Crippen LogP contribution in [0.3, 0.4) is 0 Å². The second-order valence-electron chi connectivity index (χ2n) is 3.90. The fourth-order valence-electron chi connectivity index (χ4n) is 2.31. The standard InChI is InChI=1S/C10H13N3O/c11-9-2-1-3-12-10(9)13-7-4-8(13)6-14-5-7/h1-3,7-8H,4-6,11H2/t7-,8-/m1/s1. The predicted octanol–water partition coefficient (Wildman–Crippen LogP) is 0.641. The highest BCUT2D eigenvalue weighted by atomic mass is 16.5. The van der Waals surface area contributed by atoms with Crippen molar-refractivity contribution >= 4 is 11.5 Å². The van der Waals surface area contributed by atoms with Crippen molar-refractivity contribution in [3.8, 4) is 0 Å². The number of hydrogen-bond acceptors (Lipinski definition) is 4. The van der Waals surface area contributed by atoms with E-state index in [4.69, 9.17) is 10.5 Å². The van der Waals surface area contributed by atoms with E-state index in [1.807, 2.05) is 12.1 Å². The molecule has 4 nitrogen and oxygen atoms in total. The SMILES string of the molecule is Nc1cccnc1N1[C@H]2COC[C@H]1C2. The van der Waals surface area contributed by atoms with E-state index < -0.39 is 0 Å². The van der Waals surface area contributed by atoms with Crippen LogP contribution in [0.4, 0.5) is 11.5 Å². The second-order valence-corrected chi connectivity index (χ2v) is 3.90. The Hall–Kier alpha value is -1.29. The molecule has 74 valence electrons. The molecule has 2 N–H and O–H groups in total. The Bertz CT molecular complexity index is 341. The highest BCUT2D eigenvalue weighted by Gasteiger charge is 2.43. The molecule has 1 aromatic rings. The van der Waals surface area contributed by atoms with E-state index in [9.17, 15) is 0 Å². The highest BCUT2D eigenvalue weighted by molar-refractivity contribution is 5.65. The van der Waals surface area contributed by atoms with Gasteiger partial charge in [0.25, 0.3) is 0 Å². The lowest BCUT2D eigenvalue weighted by Gasteiger charge is -2.53. The number of hydrogen-bond donors (Lipinski definition) is 1. The summed E-state index contributed by atoms with van der Waals surface area (Å²) >= 11 is 0. The van der Waals surface area contributed by atoms with Crippen LogP contribution in [0.25, 0.3) is 0 Å². The van der Waals surface area contributed by atoms with Crippen LogP contribution < -0.4 is 10.6 Å². The topological polar surface area (TPSA) is 51.4 Å². The van der Waals surface area contributed by atoms with Gasteiger partial charge in [-0.25, -0.2) is 4.98 Å². The molecule has 0 saturated carbocycles. The number of rotatable bonds is 1. The number of nitrogens with zero attached hydrogens (tertiary/aromatic N) is 2. The van der Waals surface area contributed by atoms with Crippen molar-refractivity contribution in [3.05, 3.63) is 18.3 Å². The summed E-state index contributed by atoms with van der Waals surface area (Å²) in [5, 5.41) is 0. The van der Waals surface area contributed by atoms with E-state index in [1.165, 1.54) is 6.42 Å². The number of nitrogens with two attached hydrogens (primary N) is 1. The van der Waals surface area contributed by atoms with Crippen LogP contribution in [-0.2, 0) is 4.74 Å². The fraction of sp³-hybridized carbons (Fsp3) is 0.500. The minimum Gasteiger partial charge on any atom is -0.396 e. The largest absolute Gasteiger partial charge is 0.396 e. The van der Waals surface area contributed by atoms with Crippen LogP contribution in [0.1, 0.15) is 6.42 Å². The van der Waals surface area contributed by atoms with Gasteiger partial charge in [-0.05, 0) is 18.6 Å². The van der Waals surface area contributed by atoms with Crippen LogP contribution in [0.15, 0.2) is 18.3 Å². The summed E-state index contributed by atoms with van der Waals surface area (Å²) in [5.41, 5.74) is 6.66. The van der Waals surface area contributed by atoms with Gasteiger partial charge in [0.1, 0.15) is 0 Å². The molecule has 2 bridgehead atoms. The number of fused-ring (bicyclic) bond motifs is 2. The van der Waals surface area contributed by atoms with E-state index >= 15 is 0 Å². The van der Waals surface area contributed by atoms with Crippen molar-refractivity contribution < 1.29 is 4.74 Å². The van der Waals surface area contributed by atoms with Crippen LogP contribution in [0.5, 0.6) is 0 Å². The molecule has 0 aliphatic carbocycles. The van der Waals surface area contributed by atoms with E-state index in [0.29, 0.717) is 12.1 Å². The molecule has 2 aliphatic heterocycles. The molecule has 2 saturated heterocycles. The first kappa shape index (κ1) is 8.05. The number of nitrogen functional groups attached to an aromatic ring is 1. The van der Waals surface area contributed by atoms with Gasteiger partial charge in [0, 0.05) is 6.20 Å². The molecule has 0 spiro atoms. The minimum absolute atomic E-state index is 0.492. The van der Waals surface area contributed by atoms with Crippen LogP contribution >= 0.6 is 0 Å². The van der Waals surface area contributed by atoms with Crippen LogP contribution in [-0.4, -0.2) is 30.3 Å². The van der Waals surface area contributed by atoms with Gasteiger partial charge >= 0.3 is 0 Å². The normalized spacial score (nSPS) is 29.9. The Kier molecular flexibility index (Phi) is 1.64. The summed E-state index contributed by atoms with van der Waals surface area (Å²) in [6.07, 6.45) is 3.01. The molecule has 14 heavy (non-hydrogen) atoms. The highest BCUT2D eigenvalue weighted by Crippen LogP contribution is 2.37. The monoisotopic (exact) mass is 191 g/mol. The molecule has 1 aromatic heterocycles. The first-order valence-corrected chi connectivity index (χ1v) is 4.93. The molecule has 3 rings (SSSR count). The Morgan fingerprint density at radius 3 is 2.86 bits per heavy atom. The average Bonchev–Trinajstić information content (AvgIpc) is 2.22. The Morgan fingerprint density at radius 1 is 1.43 bits per heavy atom. The summed E-state index contributed by atoms with van der Waals surface area (Å²) < 4.78 is 5.41. The Morgan fingerprint density at radius 2 is 2.21 bits per heavy atom. The molecule has 0 amide bonds. The number of pyridine rings is 1. The zero-order valence-electron chi connectivity index (χ0n) is 7.89. The van der Waals surface area contributed by atoms with Crippen molar-refractivity contribution in [2.75, 3.05) is 23.8 Å². The Balaban J connectivity index is 1.93. The molecular weight excluding hydrogens is 178 g/mol. The van der Waals surface area contributed by atoms with Gasteiger partial charge in [-0.15, -0.1) is 0 Å². The lowest BCUT2D eigenvalue weighted by Crippen LogP contribution is -2.64. The van der Waals surface area contributed by atoms with Gasteiger partial charge in [-0.1, -0.05) is 0 Å². The van der Waals surface area contributed by atoms with Gasteiger partial charge < -0.3 is 15.4 Å². The third kappa shape index (κ3) is 1.00. The molecule has 2 fully saturated rings. The fourth-order valence-corrected chi connectivity index (χ4v) is 2.31. The van der Waals surface area contributed by atoms with Crippen molar-refractivity contribution in [1.29, 1.82) is 0 Å². The van der Waals surface area contributed by atoms with Gasteiger partial charge in [-0.2, -0.15) is 0 Å². The predicted molar refractivity (Wildman–Crippen MR) is 54.1 cm³/mol. The maximum absolute atomic E-state index is 5.89. The quantitative estimate of drug-likeness (QED) is 0.707. The summed E-state index contributed by atoms with van der Waals surface area (Å²) in [4.78, 5) is 6.62. The lowest BCUT2D eigenvalue weighted by atomic mass is 9.91. The maximum Gasteiger partial charge on any atom is 0.152 e. The number of morpholine rings is 1. The zero-order chi connectivity index (χ0) is 9.54. The third-order valence-corrected chi connectivity index (χ3v) is 3.01. The van der Waals surface area contributed by atoms with Crippen LogP contribution in [0, 0.1) is 0 Å². The lowest BCUT2D eigenvalue weighted by molar-refractivity contribution is 0.00982. The summed E-state index contributed by atoms with van der Waals surface area (Å²) in [6.45, 7) is 1.62. The summed E-state index contributed by atoms with van der Waals surface area (Å²) in [7, 11) is 0. The summed E-state index contributed by atoms with van der Waals surface area (Å²) in [5.74, 6) is 0.928. The molecule has 0 radical (unpaired) electrons. The number of anilines is 2. The molecule has 3 heterocycles. The first-order chi connectivity index (χ1) is 6.86. The molecule has 0 unspecified atom stereocenters. The zero-order valence-corrected chi connectivity index (χ0v) is 7.89. The smallest absolute Gasteiger partial charge is 0.152 e. The van der Waals surface area contributed by atoms with E-state index in [0.717, 1.165) is 24.7 Å².